The van der Waals surface area contributed by atoms with Crippen LogP contribution in [0.15, 0.2) is 28.9 Å². The van der Waals surface area contributed by atoms with Gasteiger partial charge in [0.2, 0.25) is 5.76 Å². The Bertz CT molecular complexity index is 1060. The van der Waals surface area contributed by atoms with E-state index in [0.717, 1.165) is 18.5 Å². The molecule has 0 spiro atoms. The number of amides is 1. The second-order valence-corrected chi connectivity index (χ2v) is 6.47. The summed E-state index contributed by atoms with van der Waals surface area (Å²) in [5, 5.41) is 8.77. The van der Waals surface area contributed by atoms with Gasteiger partial charge in [-0.1, -0.05) is 0 Å². The molecule has 146 valence electrons. The van der Waals surface area contributed by atoms with Crippen LogP contribution in [-0.2, 0) is 0 Å². The predicted molar refractivity (Wildman–Crippen MR) is 92.1 cm³/mol. The normalized spacial score (nSPS) is 13.7. The van der Waals surface area contributed by atoms with Crippen LogP contribution < -0.4 is 5.73 Å². The quantitative estimate of drug-likeness (QED) is 0.733. The predicted octanol–water partition coefficient (Wildman–Crippen LogP) is 3.62. The van der Waals surface area contributed by atoms with Gasteiger partial charge in [0, 0.05) is 12.1 Å². The van der Waals surface area contributed by atoms with Crippen LogP contribution >= 0.6 is 0 Å². The van der Waals surface area contributed by atoms with E-state index in [9.17, 15) is 18.0 Å². The fraction of sp³-hybridized carbons (Fsp3) is 0.333. The highest BCUT2D eigenvalue weighted by Crippen LogP contribution is 2.39. The van der Waals surface area contributed by atoms with E-state index in [4.69, 9.17) is 15.4 Å². The highest BCUT2D eigenvalue weighted by molar-refractivity contribution is 5.96. The number of aryl methyl sites for hydroxylation is 1. The minimum atomic E-state index is -3.92. The zero-order chi connectivity index (χ0) is 20.5. The minimum Gasteiger partial charge on any atom is -0.444 e. The van der Waals surface area contributed by atoms with E-state index in [1.54, 1.807) is 22.6 Å². The van der Waals surface area contributed by atoms with Crippen molar-refractivity contribution in [2.45, 2.75) is 32.4 Å². The van der Waals surface area contributed by atoms with E-state index in [2.05, 4.69) is 9.97 Å². The molecule has 28 heavy (non-hydrogen) atoms. The molecule has 7 nitrogen and oxygen atoms in total. The Balaban J connectivity index is 0.000000236. The standard InChI is InChI=1S/C13H9N5O2.C5H7F3/c1-7-4-9(10-3-2-8(5-14)20-10)17-13-11(12(15)19)16-6-18(7)13;6-5(7,8)3-4-1-2-4/h2-4,6H,1H3,(H2,15,19);4H,1-3H2. The molecule has 0 saturated heterocycles. The Morgan fingerprint density at radius 2 is 2.14 bits per heavy atom. The molecule has 1 saturated carbocycles. The molecule has 3 aromatic heterocycles. The van der Waals surface area contributed by atoms with Gasteiger partial charge >= 0.3 is 6.18 Å². The molecular formula is C18H16F3N5O2. The van der Waals surface area contributed by atoms with Crippen LogP contribution in [0.25, 0.3) is 17.1 Å². The summed E-state index contributed by atoms with van der Waals surface area (Å²) >= 11 is 0. The second-order valence-electron chi connectivity index (χ2n) is 6.47. The molecule has 0 atom stereocenters. The number of primary amides is 1. The zero-order valence-corrected chi connectivity index (χ0v) is 14.8. The van der Waals surface area contributed by atoms with E-state index in [1.807, 2.05) is 13.0 Å². The van der Waals surface area contributed by atoms with Gasteiger partial charge in [-0.15, -0.1) is 0 Å². The molecule has 0 unspecified atom stereocenters. The van der Waals surface area contributed by atoms with E-state index < -0.39 is 18.5 Å². The summed E-state index contributed by atoms with van der Waals surface area (Å²) in [6.07, 6.45) is -1.43. The highest BCUT2D eigenvalue weighted by atomic mass is 19.4. The number of fused-ring (bicyclic) bond motifs is 1. The van der Waals surface area contributed by atoms with E-state index in [1.165, 1.54) is 6.33 Å². The van der Waals surface area contributed by atoms with E-state index >= 15 is 0 Å². The van der Waals surface area contributed by atoms with Gasteiger partial charge in [-0.25, -0.2) is 9.97 Å². The fourth-order valence-corrected chi connectivity index (χ4v) is 2.61. The third kappa shape index (κ3) is 4.49. The number of furan rings is 1. The molecule has 0 aromatic carbocycles. The smallest absolute Gasteiger partial charge is 0.389 e. The number of carbonyl (C=O) groups is 1. The lowest BCUT2D eigenvalue weighted by Crippen LogP contribution is -2.12. The first-order chi connectivity index (χ1) is 13.2. The number of nitrogens with two attached hydrogens (primary N) is 1. The average Bonchev–Trinajstić information content (AvgIpc) is 3.12. The fourth-order valence-electron chi connectivity index (χ4n) is 2.61. The summed E-state index contributed by atoms with van der Waals surface area (Å²) in [6.45, 7) is 1.85. The Morgan fingerprint density at radius 3 is 2.64 bits per heavy atom. The van der Waals surface area contributed by atoms with Crippen molar-refractivity contribution in [1.29, 1.82) is 5.26 Å². The number of nitrogens with zero attached hydrogens (tertiary/aromatic N) is 4. The maximum absolute atomic E-state index is 11.3. The van der Waals surface area contributed by atoms with Crippen molar-refractivity contribution in [3.63, 3.8) is 0 Å². The lowest BCUT2D eigenvalue weighted by atomic mass is 10.2. The van der Waals surface area contributed by atoms with Crippen LogP contribution in [-0.4, -0.2) is 26.5 Å². The number of carbonyl (C=O) groups excluding carboxylic acids is 1. The lowest BCUT2D eigenvalue weighted by Gasteiger charge is -2.03. The van der Waals surface area contributed by atoms with Crippen molar-refractivity contribution in [1.82, 2.24) is 14.4 Å². The summed E-state index contributed by atoms with van der Waals surface area (Å²) in [6, 6.07) is 6.89. The monoisotopic (exact) mass is 391 g/mol. The minimum absolute atomic E-state index is 0.0324. The number of hydrogen-bond acceptors (Lipinski definition) is 5. The first kappa shape index (κ1) is 19.4. The Morgan fingerprint density at radius 1 is 1.43 bits per heavy atom. The molecule has 3 aromatic rings. The van der Waals surface area contributed by atoms with Crippen molar-refractivity contribution in [3.05, 3.63) is 41.7 Å². The van der Waals surface area contributed by atoms with Gasteiger partial charge in [0.15, 0.2) is 17.1 Å². The molecule has 3 heterocycles. The molecule has 0 aliphatic heterocycles. The lowest BCUT2D eigenvalue weighted by molar-refractivity contribution is -0.138. The molecular weight excluding hydrogens is 375 g/mol. The Labute approximate surface area is 157 Å². The molecule has 1 fully saturated rings. The number of alkyl halides is 3. The molecule has 10 heteroatoms. The first-order valence-electron chi connectivity index (χ1n) is 8.39. The summed E-state index contributed by atoms with van der Waals surface area (Å²) < 4.78 is 41.0. The molecule has 1 amide bonds. The molecule has 0 bridgehead atoms. The molecule has 4 rings (SSSR count). The number of hydrogen-bond donors (Lipinski definition) is 1. The number of halogens is 3. The van der Waals surface area contributed by atoms with Crippen molar-refractivity contribution < 1.29 is 22.4 Å². The summed E-state index contributed by atoms with van der Waals surface area (Å²) in [5.41, 5.74) is 7.06. The zero-order valence-electron chi connectivity index (χ0n) is 14.8. The Kier molecular flexibility index (Phi) is 5.09. The maximum atomic E-state index is 11.3. The maximum Gasteiger partial charge on any atom is 0.389 e. The second kappa shape index (κ2) is 7.34. The number of imidazole rings is 1. The SMILES string of the molecule is Cc1cc(-c2ccc(C#N)o2)nc2c(C(N)=O)ncn12.FC(F)(F)CC1CC1. The number of nitriles is 1. The highest BCUT2D eigenvalue weighted by Gasteiger charge is 2.36. The van der Waals surface area contributed by atoms with Crippen LogP contribution in [0.4, 0.5) is 13.2 Å². The number of aromatic nitrogens is 3. The van der Waals surface area contributed by atoms with Gasteiger partial charge in [-0.05, 0) is 43.9 Å². The van der Waals surface area contributed by atoms with Crippen molar-refractivity contribution in [2.75, 3.05) is 0 Å². The van der Waals surface area contributed by atoms with Gasteiger partial charge in [-0.3, -0.25) is 9.20 Å². The van der Waals surface area contributed by atoms with Crippen LogP contribution in [0, 0.1) is 24.2 Å². The van der Waals surface area contributed by atoms with Crippen LogP contribution in [0.2, 0.25) is 0 Å². The van der Waals surface area contributed by atoms with E-state index in [-0.39, 0.29) is 17.4 Å². The van der Waals surface area contributed by atoms with Crippen molar-refractivity contribution in [3.8, 4) is 17.5 Å². The summed E-state index contributed by atoms with van der Waals surface area (Å²) in [7, 11) is 0. The van der Waals surface area contributed by atoms with Gasteiger partial charge in [0.05, 0.1) is 0 Å². The van der Waals surface area contributed by atoms with Gasteiger partial charge in [0.25, 0.3) is 5.91 Å². The first-order valence-corrected chi connectivity index (χ1v) is 8.39. The van der Waals surface area contributed by atoms with Crippen LogP contribution in [0.5, 0.6) is 0 Å². The molecule has 1 aliphatic carbocycles. The Hall–Kier alpha value is -3.35. The summed E-state index contributed by atoms with van der Waals surface area (Å²) in [4.78, 5) is 19.6. The third-order valence-electron chi connectivity index (χ3n) is 4.11. The van der Waals surface area contributed by atoms with Crippen molar-refractivity contribution in [2.24, 2.45) is 11.7 Å². The molecule has 0 radical (unpaired) electrons. The van der Waals surface area contributed by atoms with Gasteiger partial charge in [0.1, 0.15) is 18.1 Å². The van der Waals surface area contributed by atoms with Crippen molar-refractivity contribution >= 4 is 11.6 Å². The molecule has 2 N–H and O–H groups in total. The third-order valence-corrected chi connectivity index (χ3v) is 4.11. The largest absolute Gasteiger partial charge is 0.444 e. The molecule has 1 aliphatic rings. The van der Waals surface area contributed by atoms with Gasteiger partial charge in [-0.2, -0.15) is 18.4 Å². The van der Waals surface area contributed by atoms with E-state index in [0.29, 0.717) is 17.1 Å². The van der Waals surface area contributed by atoms with Gasteiger partial charge < -0.3 is 10.2 Å². The average molecular weight is 391 g/mol. The van der Waals surface area contributed by atoms with Crippen LogP contribution in [0.3, 0.4) is 0 Å². The topological polar surface area (TPSA) is 110 Å². The van der Waals surface area contributed by atoms with Crippen LogP contribution in [0.1, 0.15) is 41.2 Å². The summed E-state index contributed by atoms with van der Waals surface area (Å²) in [5.74, 6) is -0.0320. The number of rotatable bonds is 3.